The third-order valence-electron chi connectivity index (χ3n) is 10.4. The zero-order valence-electron chi connectivity index (χ0n) is 39.1. The normalized spacial score (nSPS) is 25.2. The van der Waals surface area contributed by atoms with Crippen molar-refractivity contribution in [3.05, 3.63) is 0 Å². The molecule has 336 valence electrons. The van der Waals surface area contributed by atoms with Crippen LogP contribution in [0.5, 0.6) is 0 Å². The fourth-order valence-electron chi connectivity index (χ4n) is 7.28. The van der Waals surface area contributed by atoms with Gasteiger partial charge < -0.3 is 54.1 Å². The Bertz CT molecular complexity index is 1020. The van der Waals surface area contributed by atoms with E-state index in [1.807, 2.05) is 102 Å². The molecule has 0 amide bonds. The number of oxime groups is 1. The smallest absolute Gasteiger partial charge is 0.311 e. The second kappa shape index (κ2) is 29.7. The summed E-state index contributed by atoms with van der Waals surface area (Å²) in [6.45, 7) is 29.5. The average molecular weight is 808 g/mol. The van der Waals surface area contributed by atoms with E-state index < -0.39 is 60.4 Å². The maximum absolute atomic E-state index is 14.1. The second-order valence-electron chi connectivity index (χ2n) is 16.2. The Morgan fingerprint density at radius 3 is 2.11 bits per heavy atom. The van der Waals surface area contributed by atoms with Crippen LogP contribution in [0.3, 0.4) is 0 Å². The highest BCUT2D eigenvalue weighted by molar-refractivity contribution is 5.73. The first-order valence-electron chi connectivity index (χ1n) is 21.4. The van der Waals surface area contributed by atoms with Gasteiger partial charge in [-0.1, -0.05) is 80.8 Å². The summed E-state index contributed by atoms with van der Waals surface area (Å²) < 4.78 is 37.5. The number of unbranched alkanes of at least 4 members (excludes halogenated alkanes) is 1. The molecule has 0 spiro atoms. The first-order valence-corrected chi connectivity index (χ1v) is 21.4. The zero-order chi connectivity index (χ0) is 43.9. The summed E-state index contributed by atoms with van der Waals surface area (Å²) in [5, 5.41) is 27.5. The van der Waals surface area contributed by atoms with Crippen LogP contribution in [-0.4, -0.2) is 129 Å². The molecule has 56 heavy (non-hydrogen) atoms. The van der Waals surface area contributed by atoms with Gasteiger partial charge in [-0.15, -0.1) is 0 Å². The van der Waals surface area contributed by atoms with Crippen LogP contribution < -0.4 is 5.73 Å². The zero-order valence-corrected chi connectivity index (χ0v) is 39.1. The number of nitrogens with two attached hydrogens (primary N) is 1. The van der Waals surface area contributed by atoms with Crippen LogP contribution in [0, 0.1) is 29.6 Å². The molecule has 1 saturated heterocycles. The van der Waals surface area contributed by atoms with Gasteiger partial charge in [-0.2, -0.15) is 0 Å². The molecule has 15 atom stereocenters. The van der Waals surface area contributed by atoms with Crippen LogP contribution in [0.2, 0.25) is 0 Å². The van der Waals surface area contributed by atoms with Gasteiger partial charge in [0, 0.05) is 43.2 Å². The molecule has 13 nitrogen and oxygen atoms in total. The van der Waals surface area contributed by atoms with Gasteiger partial charge in [-0.3, -0.25) is 4.79 Å². The van der Waals surface area contributed by atoms with E-state index in [4.69, 9.17) is 39.0 Å². The lowest BCUT2D eigenvalue weighted by atomic mass is 9.78. The molecule has 0 aromatic carbocycles. The van der Waals surface area contributed by atoms with E-state index in [1.54, 1.807) is 27.2 Å². The number of aliphatic hydroxyl groups excluding tert-OH is 1. The molecule has 0 aliphatic carbocycles. The van der Waals surface area contributed by atoms with Gasteiger partial charge in [-0.05, 0) is 80.3 Å². The van der Waals surface area contributed by atoms with Gasteiger partial charge in [0.2, 0.25) is 0 Å². The predicted octanol–water partition coefficient (Wildman–Crippen LogP) is 7.04. The van der Waals surface area contributed by atoms with Crippen molar-refractivity contribution in [3.8, 4) is 0 Å². The summed E-state index contributed by atoms with van der Waals surface area (Å²) in [5.41, 5.74) is 5.15. The van der Waals surface area contributed by atoms with E-state index >= 15 is 0 Å². The number of aliphatic hydroxyl groups is 2. The number of rotatable bonds is 25. The minimum atomic E-state index is -1.40. The standard InChI is InChI=1S/C39H77N3O10.2C2H6/c1-16-17-18-32(48-26(6)22-46-14)51-35(29(9)37(44)50-30(10)27(7)33(40)24(4)21-41-47-15)28(8)36(39(11,45)20-23(2)3)52-38-34(43)31(42(12)13)19-25(5)49-38;2*1-2/h21,23-36,38,43,45H,16-20,22,40H2,1-15H3;2*1-2H3/b41-21+;;/t24-,25?,26?,27-,28?,29?,30?,31?,32-,33+,34+,35?,36+,38?,39-;;/m0../s1. The fraction of sp³-hybridized carbons (Fsp3) is 0.953. The number of esters is 1. The Hall–Kier alpha value is -1.42. The Balaban J connectivity index is 0. The van der Waals surface area contributed by atoms with E-state index in [0.29, 0.717) is 25.9 Å². The molecule has 1 heterocycles. The van der Waals surface area contributed by atoms with Crippen molar-refractivity contribution < 1.29 is 48.3 Å². The van der Waals surface area contributed by atoms with Gasteiger partial charge >= 0.3 is 5.97 Å². The highest BCUT2D eigenvalue weighted by atomic mass is 16.7. The number of hydrogen-bond donors (Lipinski definition) is 3. The number of carbonyl (C=O) groups is 1. The van der Waals surface area contributed by atoms with Crippen molar-refractivity contribution in [2.45, 2.75) is 203 Å². The second-order valence-corrected chi connectivity index (χ2v) is 16.2. The molecule has 0 bridgehead atoms. The van der Waals surface area contributed by atoms with Crippen molar-refractivity contribution in [2.24, 2.45) is 40.5 Å². The van der Waals surface area contributed by atoms with Gasteiger partial charge in [0.25, 0.3) is 0 Å². The number of carbonyl (C=O) groups excluding carboxylic acids is 1. The summed E-state index contributed by atoms with van der Waals surface area (Å²) in [5.74, 6) is -2.11. The molecule has 0 aromatic rings. The Kier molecular flexibility index (Phi) is 30.1. The van der Waals surface area contributed by atoms with Gasteiger partial charge in [0.05, 0.1) is 42.5 Å². The van der Waals surface area contributed by atoms with E-state index in [-0.39, 0.29) is 42.0 Å². The molecular weight excluding hydrogens is 718 g/mol. The molecule has 0 radical (unpaired) electrons. The van der Waals surface area contributed by atoms with E-state index in [2.05, 4.69) is 12.1 Å². The SMILES string of the molecule is CC.CC.CCCC[C@@H](OC(C)COC)OC(C(C)C(=O)OC(C)[C@H](C)[C@H](N)[C@@H](C)/C=N/OC)C(C)[C@@H](OC1OC(C)CC(N(C)C)[C@H]1O)[C@@](C)(O)CC(C)C. The van der Waals surface area contributed by atoms with E-state index in [9.17, 15) is 15.0 Å². The van der Waals surface area contributed by atoms with Gasteiger partial charge in [-0.25, -0.2) is 0 Å². The molecule has 13 heteroatoms. The van der Waals surface area contributed by atoms with Crippen molar-refractivity contribution in [1.29, 1.82) is 0 Å². The first kappa shape index (κ1) is 56.7. The summed E-state index contributed by atoms with van der Waals surface area (Å²) in [6.07, 6.45) is -0.442. The number of hydrogen-bond acceptors (Lipinski definition) is 13. The average Bonchev–Trinajstić information content (AvgIpc) is 3.14. The molecule has 4 N–H and O–H groups in total. The lowest BCUT2D eigenvalue weighted by molar-refractivity contribution is -0.305. The van der Waals surface area contributed by atoms with Crippen molar-refractivity contribution >= 4 is 12.2 Å². The van der Waals surface area contributed by atoms with Crippen LogP contribution in [0.4, 0.5) is 0 Å². The minimum absolute atomic E-state index is 0.110. The number of likely N-dealkylation sites (N-methyl/N-ethyl adjacent to an activating group) is 1. The third kappa shape index (κ3) is 19.6. The number of methoxy groups -OCH3 is 1. The van der Waals surface area contributed by atoms with Crippen LogP contribution in [-0.2, 0) is 38.1 Å². The summed E-state index contributed by atoms with van der Waals surface area (Å²) in [6, 6.07) is -0.565. The highest BCUT2D eigenvalue weighted by Gasteiger charge is 2.49. The van der Waals surface area contributed by atoms with Gasteiger partial charge in [0.1, 0.15) is 19.3 Å². The van der Waals surface area contributed by atoms with Crippen molar-refractivity contribution in [1.82, 2.24) is 4.90 Å². The predicted molar refractivity (Wildman–Crippen MR) is 226 cm³/mol. The Morgan fingerprint density at radius 1 is 1.02 bits per heavy atom. The molecule has 1 aliphatic heterocycles. The third-order valence-corrected chi connectivity index (χ3v) is 10.4. The van der Waals surface area contributed by atoms with Crippen molar-refractivity contribution in [2.75, 3.05) is 34.9 Å². The Labute approximate surface area is 343 Å². The lowest BCUT2D eigenvalue weighted by Crippen LogP contribution is -2.59. The van der Waals surface area contributed by atoms with Crippen LogP contribution in [0.1, 0.15) is 136 Å². The molecule has 0 saturated carbocycles. The monoisotopic (exact) mass is 808 g/mol. The molecule has 1 rings (SSSR count). The Morgan fingerprint density at radius 2 is 1.61 bits per heavy atom. The van der Waals surface area contributed by atoms with E-state index in [0.717, 1.165) is 12.8 Å². The highest BCUT2D eigenvalue weighted by Crippen LogP contribution is 2.37. The summed E-state index contributed by atoms with van der Waals surface area (Å²) in [4.78, 5) is 20.9. The molecule has 1 fully saturated rings. The lowest BCUT2D eigenvalue weighted by Gasteiger charge is -2.47. The maximum atomic E-state index is 14.1. The van der Waals surface area contributed by atoms with Gasteiger partial charge in [0.15, 0.2) is 12.6 Å². The quantitative estimate of drug-likeness (QED) is 0.0374. The molecule has 0 aromatic heterocycles. The molecule has 1 aliphatic rings. The number of nitrogens with zero attached hydrogens (tertiary/aromatic N) is 2. The summed E-state index contributed by atoms with van der Waals surface area (Å²) >= 11 is 0. The summed E-state index contributed by atoms with van der Waals surface area (Å²) in [7, 11) is 6.92. The van der Waals surface area contributed by atoms with Crippen molar-refractivity contribution in [3.63, 3.8) is 0 Å². The molecular formula is C43H89N3O10. The van der Waals surface area contributed by atoms with Crippen LogP contribution in [0.25, 0.3) is 0 Å². The maximum Gasteiger partial charge on any atom is 0.311 e. The first-order chi connectivity index (χ1) is 26.2. The fourth-order valence-corrected chi connectivity index (χ4v) is 7.28. The number of ether oxygens (including phenoxy) is 6. The minimum Gasteiger partial charge on any atom is -0.462 e. The largest absolute Gasteiger partial charge is 0.462 e. The molecule has 8 unspecified atom stereocenters. The topological polar surface area (TPSA) is 164 Å². The van der Waals surface area contributed by atoms with Crippen LogP contribution >= 0.6 is 0 Å². The van der Waals surface area contributed by atoms with E-state index in [1.165, 1.54) is 7.11 Å². The van der Waals surface area contributed by atoms with Crippen LogP contribution in [0.15, 0.2) is 5.16 Å².